The fourth-order valence-electron chi connectivity index (χ4n) is 2.47. The minimum Gasteiger partial charge on any atom is -0.459 e. The normalized spacial score (nSPS) is 16.4. The highest BCUT2D eigenvalue weighted by atomic mass is 16.4. The second-order valence-corrected chi connectivity index (χ2v) is 5.29. The van der Waals surface area contributed by atoms with E-state index in [1.54, 1.807) is 30.2 Å². The summed E-state index contributed by atoms with van der Waals surface area (Å²) in [5.41, 5.74) is 0.637. The first-order valence-electron chi connectivity index (χ1n) is 7.09. The third kappa shape index (κ3) is 3.00. The van der Waals surface area contributed by atoms with Gasteiger partial charge >= 0.3 is 0 Å². The summed E-state index contributed by atoms with van der Waals surface area (Å²) in [6.07, 6.45) is 2.76. The fourth-order valence-corrected chi connectivity index (χ4v) is 2.47. The first kappa shape index (κ1) is 13.9. The summed E-state index contributed by atoms with van der Waals surface area (Å²) < 4.78 is 10.8. The number of hydrogen-bond donors (Lipinski definition) is 1. The standard InChI is InChI=1S/C15H18N2O4/c1-10-12(16-15(21-10)13-3-2-8-20-13)9-14(19)17-6-4-11(18)5-7-17/h2-3,8,11,18H,4-7,9H2,1H3. The number of carbonyl (C=O) groups is 1. The molecule has 1 aliphatic rings. The number of aromatic nitrogens is 1. The fraction of sp³-hybridized carbons (Fsp3) is 0.467. The number of rotatable bonds is 3. The second-order valence-electron chi connectivity index (χ2n) is 5.29. The molecule has 1 aliphatic heterocycles. The van der Waals surface area contributed by atoms with Crippen molar-refractivity contribution in [1.82, 2.24) is 9.88 Å². The van der Waals surface area contributed by atoms with Crippen LogP contribution in [-0.4, -0.2) is 40.1 Å². The third-order valence-corrected chi connectivity index (χ3v) is 3.76. The second kappa shape index (κ2) is 5.73. The Hall–Kier alpha value is -2.08. The van der Waals surface area contributed by atoms with Crippen molar-refractivity contribution in [2.45, 2.75) is 32.3 Å². The van der Waals surface area contributed by atoms with Gasteiger partial charge in [-0.05, 0) is 31.9 Å². The van der Waals surface area contributed by atoms with Gasteiger partial charge in [-0.2, -0.15) is 0 Å². The Labute approximate surface area is 122 Å². The molecule has 0 aromatic carbocycles. The highest BCUT2D eigenvalue weighted by molar-refractivity contribution is 5.78. The summed E-state index contributed by atoms with van der Waals surface area (Å²) in [6.45, 7) is 2.99. The number of aryl methyl sites for hydroxylation is 1. The van der Waals surface area contributed by atoms with E-state index in [-0.39, 0.29) is 18.4 Å². The van der Waals surface area contributed by atoms with Crippen molar-refractivity contribution >= 4 is 5.91 Å². The van der Waals surface area contributed by atoms with Crippen molar-refractivity contribution in [3.63, 3.8) is 0 Å². The molecular weight excluding hydrogens is 272 g/mol. The Balaban J connectivity index is 1.69. The summed E-state index contributed by atoms with van der Waals surface area (Å²) in [5, 5.41) is 9.48. The van der Waals surface area contributed by atoms with Gasteiger partial charge in [0.05, 0.1) is 24.5 Å². The van der Waals surface area contributed by atoms with E-state index in [9.17, 15) is 9.90 Å². The zero-order valence-electron chi connectivity index (χ0n) is 11.9. The van der Waals surface area contributed by atoms with E-state index in [1.165, 1.54) is 0 Å². The summed E-state index contributed by atoms with van der Waals surface area (Å²) in [5.74, 6) is 1.60. The van der Waals surface area contributed by atoms with E-state index in [2.05, 4.69) is 4.98 Å². The number of amides is 1. The lowest BCUT2D eigenvalue weighted by atomic mass is 10.1. The molecule has 1 N–H and O–H groups in total. The van der Waals surface area contributed by atoms with Gasteiger partial charge in [0.2, 0.25) is 5.91 Å². The summed E-state index contributed by atoms with van der Waals surface area (Å²) in [7, 11) is 0. The van der Waals surface area contributed by atoms with Crippen LogP contribution in [0.1, 0.15) is 24.3 Å². The van der Waals surface area contributed by atoms with Crippen molar-refractivity contribution in [2.75, 3.05) is 13.1 Å². The van der Waals surface area contributed by atoms with Gasteiger partial charge in [-0.1, -0.05) is 0 Å². The molecule has 21 heavy (non-hydrogen) atoms. The lowest BCUT2D eigenvalue weighted by molar-refractivity contribution is -0.132. The predicted octanol–water partition coefficient (Wildman–Crippen LogP) is 1.77. The smallest absolute Gasteiger partial charge is 0.263 e. The largest absolute Gasteiger partial charge is 0.459 e. The van der Waals surface area contributed by atoms with Crippen LogP contribution < -0.4 is 0 Å². The van der Waals surface area contributed by atoms with Crippen molar-refractivity contribution in [1.29, 1.82) is 0 Å². The Morgan fingerprint density at radius 2 is 2.24 bits per heavy atom. The lowest BCUT2D eigenvalue weighted by Crippen LogP contribution is -2.40. The van der Waals surface area contributed by atoms with Crippen molar-refractivity contribution in [3.8, 4) is 11.7 Å². The van der Waals surface area contributed by atoms with Crippen molar-refractivity contribution in [2.24, 2.45) is 0 Å². The zero-order chi connectivity index (χ0) is 14.8. The zero-order valence-corrected chi connectivity index (χ0v) is 11.9. The average Bonchev–Trinajstić information content (AvgIpc) is 3.10. The van der Waals surface area contributed by atoms with Crippen LogP contribution in [0.3, 0.4) is 0 Å². The molecule has 0 radical (unpaired) electrons. The minimum absolute atomic E-state index is 0.0179. The molecule has 0 spiro atoms. The maximum Gasteiger partial charge on any atom is 0.263 e. The molecule has 0 aliphatic carbocycles. The quantitative estimate of drug-likeness (QED) is 0.932. The van der Waals surface area contributed by atoms with Gasteiger partial charge in [0.25, 0.3) is 5.89 Å². The molecule has 3 heterocycles. The molecule has 6 nitrogen and oxygen atoms in total. The maximum atomic E-state index is 12.3. The third-order valence-electron chi connectivity index (χ3n) is 3.76. The molecule has 1 saturated heterocycles. The molecule has 112 valence electrons. The Morgan fingerprint density at radius 1 is 1.48 bits per heavy atom. The number of oxazole rings is 1. The van der Waals surface area contributed by atoms with Crippen LogP contribution in [0.25, 0.3) is 11.7 Å². The maximum absolute atomic E-state index is 12.3. The van der Waals surface area contributed by atoms with Crippen molar-refractivity contribution in [3.05, 3.63) is 29.9 Å². The van der Waals surface area contributed by atoms with Gasteiger partial charge in [-0.25, -0.2) is 4.98 Å². The number of nitrogens with zero attached hydrogens (tertiary/aromatic N) is 2. The van der Waals surface area contributed by atoms with E-state index in [1.807, 2.05) is 0 Å². The summed E-state index contributed by atoms with van der Waals surface area (Å²) in [4.78, 5) is 18.4. The number of aliphatic hydroxyl groups excluding tert-OH is 1. The number of aliphatic hydroxyl groups is 1. The van der Waals surface area contributed by atoms with Gasteiger partial charge in [0, 0.05) is 13.1 Å². The lowest BCUT2D eigenvalue weighted by Gasteiger charge is -2.29. The minimum atomic E-state index is -0.284. The van der Waals surface area contributed by atoms with Crippen LogP contribution in [0.15, 0.2) is 27.2 Å². The topological polar surface area (TPSA) is 79.7 Å². The first-order chi connectivity index (χ1) is 10.1. The first-order valence-corrected chi connectivity index (χ1v) is 7.09. The molecule has 1 fully saturated rings. The predicted molar refractivity (Wildman–Crippen MR) is 74.5 cm³/mol. The summed E-state index contributed by atoms with van der Waals surface area (Å²) in [6, 6.07) is 3.53. The Kier molecular flexibility index (Phi) is 3.79. The molecular formula is C15H18N2O4. The van der Waals surface area contributed by atoms with E-state index in [4.69, 9.17) is 8.83 Å². The van der Waals surface area contributed by atoms with E-state index < -0.39 is 0 Å². The average molecular weight is 290 g/mol. The molecule has 0 bridgehead atoms. The molecule has 3 rings (SSSR count). The number of piperidine rings is 1. The van der Waals surface area contributed by atoms with Crippen LogP contribution in [0, 0.1) is 6.92 Å². The molecule has 2 aromatic heterocycles. The van der Waals surface area contributed by atoms with Crippen LogP contribution in [0.2, 0.25) is 0 Å². The molecule has 1 amide bonds. The Morgan fingerprint density at radius 3 is 2.90 bits per heavy atom. The van der Waals surface area contributed by atoms with Gasteiger partial charge in [0.15, 0.2) is 5.76 Å². The van der Waals surface area contributed by atoms with Crippen molar-refractivity contribution < 1.29 is 18.7 Å². The van der Waals surface area contributed by atoms with Gasteiger partial charge in [-0.3, -0.25) is 4.79 Å². The van der Waals surface area contributed by atoms with Crippen LogP contribution in [0.4, 0.5) is 0 Å². The molecule has 0 saturated carbocycles. The number of hydrogen-bond acceptors (Lipinski definition) is 5. The van der Waals surface area contributed by atoms with Gasteiger partial charge in [0.1, 0.15) is 5.76 Å². The summed E-state index contributed by atoms with van der Waals surface area (Å²) >= 11 is 0. The van der Waals surface area contributed by atoms with Crippen LogP contribution >= 0.6 is 0 Å². The monoisotopic (exact) mass is 290 g/mol. The molecule has 0 unspecified atom stereocenters. The number of likely N-dealkylation sites (tertiary alicyclic amines) is 1. The highest BCUT2D eigenvalue weighted by Gasteiger charge is 2.23. The highest BCUT2D eigenvalue weighted by Crippen LogP contribution is 2.23. The SMILES string of the molecule is Cc1oc(-c2ccco2)nc1CC(=O)N1CCC(O)CC1. The molecule has 0 atom stereocenters. The molecule has 6 heteroatoms. The molecule has 2 aromatic rings. The van der Waals surface area contributed by atoms with Gasteiger partial charge in [-0.15, -0.1) is 0 Å². The van der Waals surface area contributed by atoms with E-state index in [0.29, 0.717) is 49.0 Å². The van der Waals surface area contributed by atoms with E-state index >= 15 is 0 Å². The van der Waals surface area contributed by atoms with E-state index in [0.717, 1.165) is 0 Å². The van der Waals surface area contributed by atoms with Crippen LogP contribution in [-0.2, 0) is 11.2 Å². The number of carbonyl (C=O) groups excluding carboxylic acids is 1. The number of furan rings is 1. The van der Waals surface area contributed by atoms with Gasteiger partial charge < -0.3 is 18.8 Å². The Bertz CT molecular complexity index is 610. The van der Waals surface area contributed by atoms with Crippen LogP contribution in [0.5, 0.6) is 0 Å².